The molecule has 3 aliphatic carbocycles. The molecule has 0 fully saturated rings. The van der Waals surface area contributed by atoms with Crippen molar-refractivity contribution >= 4 is 61.6 Å². The van der Waals surface area contributed by atoms with E-state index in [1.807, 2.05) is 12.1 Å². The van der Waals surface area contributed by atoms with Crippen LogP contribution in [-0.2, 0) is 5.41 Å². The van der Waals surface area contributed by atoms with Gasteiger partial charge in [0.05, 0.1) is 28.2 Å². The minimum Gasteiger partial charge on any atom is -0.456 e. The highest BCUT2D eigenvalue weighted by atomic mass is 16.3. The average Bonchev–Trinajstić information content (AvgIpc) is 4.07. The molecule has 1 aromatic heterocycles. The van der Waals surface area contributed by atoms with E-state index >= 15 is 0 Å². The SMILES string of the molecule is C1=CC2=C(c3ccccc3-c3ccccc3N(c3ccc(-c4ccc5oc6ccccc6c5c4)cc3)c3cccc4c3-c3ccccc3C43c4ccccc4N(c4ccccc4)c4ccccc43)C=CCC2CC1. The van der Waals surface area contributed by atoms with E-state index in [1.54, 1.807) is 0 Å². The smallest absolute Gasteiger partial charge is 0.135 e. The van der Waals surface area contributed by atoms with Crippen molar-refractivity contribution in [3.8, 4) is 33.4 Å². The second kappa shape index (κ2) is 17.0. The molecule has 2 heterocycles. The highest BCUT2D eigenvalue weighted by Crippen LogP contribution is 2.65. The predicted octanol–water partition coefficient (Wildman–Crippen LogP) is 19.2. The Kier molecular flexibility index (Phi) is 9.75. The Morgan fingerprint density at radius 3 is 1.88 bits per heavy atom. The Labute approximate surface area is 431 Å². The largest absolute Gasteiger partial charge is 0.456 e. The average molecular weight is 947 g/mol. The summed E-state index contributed by atoms with van der Waals surface area (Å²) in [5.74, 6) is 0.542. The molecule has 0 saturated heterocycles. The first-order valence-corrected chi connectivity index (χ1v) is 26.1. The van der Waals surface area contributed by atoms with E-state index in [0.29, 0.717) is 5.92 Å². The number of anilines is 6. The van der Waals surface area contributed by atoms with Gasteiger partial charge in [0.25, 0.3) is 0 Å². The van der Waals surface area contributed by atoms with E-state index in [9.17, 15) is 0 Å². The molecule has 4 aliphatic rings. The molecule has 1 unspecified atom stereocenters. The van der Waals surface area contributed by atoms with E-state index in [4.69, 9.17) is 4.42 Å². The summed E-state index contributed by atoms with van der Waals surface area (Å²) >= 11 is 0. The Hall–Kier alpha value is -9.18. The lowest BCUT2D eigenvalue weighted by atomic mass is 9.64. The van der Waals surface area contributed by atoms with Gasteiger partial charge in [0.15, 0.2) is 0 Å². The van der Waals surface area contributed by atoms with Crippen molar-refractivity contribution < 1.29 is 4.42 Å². The van der Waals surface area contributed by atoms with Gasteiger partial charge in [-0.05, 0) is 153 Å². The van der Waals surface area contributed by atoms with E-state index in [0.717, 1.165) is 68.7 Å². The van der Waals surface area contributed by atoms with Gasteiger partial charge in [-0.25, -0.2) is 0 Å². The fourth-order valence-electron chi connectivity index (χ4n) is 13.2. The third kappa shape index (κ3) is 6.33. The zero-order chi connectivity index (χ0) is 48.7. The van der Waals surface area contributed by atoms with Gasteiger partial charge in [0, 0.05) is 33.3 Å². The molecule has 1 spiro atoms. The summed E-state index contributed by atoms with van der Waals surface area (Å²) < 4.78 is 6.26. The summed E-state index contributed by atoms with van der Waals surface area (Å²) in [5.41, 5.74) is 24.4. The van der Waals surface area contributed by atoms with E-state index in [1.165, 1.54) is 79.0 Å². The van der Waals surface area contributed by atoms with E-state index in [-0.39, 0.29) is 0 Å². The number of furan rings is 1. The van der Waals surface area contributed by atoms with Gasteiger partial charge in [0.2, 0.25) is 0 Å². The zero-order valence-electron chi connectivity index (χ0n) is 40.8. The summed E-state index contributed by atoms with van der Waals surface area (Å²) in [4.78, 5) is 5.00. The van der Waals surface area contributed by atoms with Crippen molar-refractivity contribution in [3.05, 3.63) is 294 Å². The van der Waals surface area contributed by atoms with Crippen LogP contribution in [0.25, 0.3) is 60.9 Å². The Morgan fingerprint density at radius 2 is 1.07 bits per heavy atom. The maximum atomic E-state index is 6.26. The Morgan fingerprint density at radius 1 is 0.446 bits per heavy atom. The summed E-state index contributed by atoms with van der Waals surface area (Å²) in [6.07, 6.45) is 13.0. The van der Waals surface area contributed by atoms with Crippen LogP contribution in [0.3, 0.4) is 0 Å². The third-order valence-corrected chi connectivity index (χ3v) is 16.3. The van der Waals surface area contributed by atoms with E-state index in [2.05, 4.69) is 259 Å². The normalized spacial score (nSPS) is 15.7. The first-order chi connectivity index (χ1) is 36.7. The second-order valence-electron chi connectivity index (χ2n) is 20.1. The standard InChI is InChI=1S/C71H50N2O/c1-2-22-50(23-3-1)73-65-36-15-12-32-61(65)71(62-33-13-16-37-66(62)73)60-31-11-8-29-58(60)70-63(71)34-19-38-67(70)72(51-43-40-47(41-44-51)49-42-45-69-59(46-49)57-28-10-17-39-68(57)74-69)64-35-14-9-27-56(64)55-26-7-6-25-54(55)53-30-18-21-48-20-4-5-24-52(48)53/h1-3,5-19,22-46,48H,4,20-21H2. The molecule has 1 atom stereocenters. The molecule has 3 heteroatoms. The van der Waals surface area contributed by atoms with Gasteiger partial charge in [-0.1, -0.05) is 194 Å². The molecule has 11 aromatic rings. The number of hydrogen-bond acceptors (Lipinski definition) is 3. The fourth-order valence-corrected chi connectivity index (χ4v) is 13.2. The van der Waals surface area contributed by atoms with Crippen molar-refractivity contribution in [3.63, 3.8) is 0 Å². The van der Waals surface area contributed by atoms with Gasteiger partial charge < -0.3 is 14.2 Å². The van der Waals surface area contributed by atoms with Crippen LogP contribution in [0, 0.1) is 5.92 Å². The maximum Gasteiger partial charge on any atom is 0.135 e. The third-order valence-electron chi connectivity index (χ3n) is 16.3. The van der Waals surface area contributed by atoms with Crippen LogP contribution in [-0.4, -0.2) is 0 Å². The fraction of sp³-hybridized carbons (Fsp3) is 0.0704. The lowest BCUT2D eigenvalue weighted by Gasteiger charge is -2.45. The summed E-state index contributed by atoms with van der Waals surface area (Å²) in [6, 6.07) is 87.5. The van der Waals surface area contributed by atoms with Crippen LogP contribution in [0.5, 0.6) is 0 Å². The minimum atomic E-state index is -0.608. The highest BCUT2D eigenvalue weighted by molar-refractivity contribution is 6.07. The molecule has 1 aliphatic heterocycles. The lowest BCUT2D eigenvalue weighted by Crippen LogP contribution is -2.36. The summed E-state index contributed by atoms with van der Waals surface area (Å²) in [7, 11) is 0. The lowest BCUT2D eigenvalue weighted by molar-refractivity contribution is 0.568. The van der Waals surface area contributed by atoms with Crippen LogP contribution in [0.2, 0.25) is 0 Å². The highest BCUT2D eigenvalue weighted by Gasteiger charge is 2.52. The monoisotopic (exact) mass is 946 g/mol. The first kappa shape index (κ1) is 42.5. The van der Waals surface area contributed by atoms with Crippen molar-refractivity contribution in [2.45, 2.75) is 24.7 Å². The van der Waals surface area contributed by atoms with Gasteiger partial charge in [-0.15, -0.1) is 0 Å². The molecule has 0 radical (unpaired) electrons. The van der Waals surface area contributed by atoms with Crippen LogP contribution in [0.15, 0.2) is 271 Å². The second-order valence-corrected chi connectivity index (χ2v) is 20.1. The number of fused-ring (bicyclic) bond motifs is 13. The van der Waals surface area contributed by atoms with Gasteiger partial charge in [0.1, 0.15) is 11.2 Å². The molecule has 74 heavy (non-hydrogen) atoms. The molecule has 0 saturated carbocycles. The molecule has 0 N–H and O–H groups in total. The van der Waals surface area contributed by atoms with Crippen LogP contribution < -0.4 is 9.80 Å². The molecule has 3 nitrogen and oxygen atoms in total. The molecule has 10 aromatic carbocycles. The number of allylic oxidation sites excluding steroid dienone is 6. The molecular weight excluding hydrogens is 897 g/mol. The van der Waals surface area contributed by atoms with Crippen LogP contribution in [0.1, 0.15) is 47.1 Å². The molecular formula is C71H50N2O. The molecule has 0 amide bonds. The van der Waals surface area contributed by atoms with E-state index < -0.39 is 5.41 Å². The molecule has 350 valence electrons. The number of benzene rings is 10. The first-order valence-electron chi connectivity index (χ1n) is 26.1. The maximum absolute atomic E-state index is 6.26. The number of nitrogens with zero attached hydrogens (tertiary/aromatic N) is 2. The quantitative estimate of drug-likeness (QED) is 0.159. The van der Waals surface area contributed by atoms with Gasteiger partial charge in [-0.2, -0.15) is 0 Å². The van der Waals surface area contributed by atoms with Crippen molar-refractivity contribution in [1.29, 1.82) is 0 Å². The van der Waals surface area contributed by atoms with Crippen LogP contribution in [0.4, 0.5) is 34.1 Å². The predicted molar refractivity (Wildman–Crippen MR) is 307 cm³/mol. The Balaban J connectivity index is 0.975. The molecule has 15 rings (SSSR count). The van der Waals surface area contributed by atoms with Gasteiger partial charge in [-0.3, -0.25) is 0 Å². The number of hydrogen-bond donors (Lipinski definition) is 0. The number of rotatable bonds is 7. The summed E-state index contributed by atoms with van der Waals surface area (Å²) in [5, 5.41) is 2.26. The molecule has 0 bridgehead atoms. The minimum absolute atomic E-state index is 0.542. The van der Waals surface area contributed by atoms with Crippen molar-refractivity contribution in [2.75, 3.05) is 9.80 Å². The van der Waals surface area contributed by atoms with Crippen LogP contribution >= 0.6 is 0 Å². The topological polar surface area (TPSA) is 19.6 Å². The van der Waals surface area contributed by atoms with Crippen molar-refractivity contribution in [1.82, 2.24) is 0 Å². The Bertz CT molecular complexity index is 4090. The summed E-state index contributed by atoms with van der Waals surface area (Å²) in [6.45, 7) is 0. The number of para-hydroxylation sites is 5. The van der Waals surface area contributed by atoms with Gasteiger partial charge >= 0.3 is 0 Å². The van der Waals surface area contributed by atoms with Crippen molar-refractivity contribution in [2.24, 2.45) is 5.92 Å². The zero-order valence-corrected chi connectivity index (χ0v) is 40.8.